The summed E-state index contributed by atoms with van der Waals surface area (Å²) in [6.45, 7) is 5.73. The van der Waals surface area contributed by atoms with Gasteiger partial charge in [0, 0.05) is 13.2 Å². The molecule has 2 rings (SSSR count). The van der Waals surface area contributed by atoms with Crippen LogP contribution in [0.4, 0.5) is 0 Å². The van der Waals surface area contributed by atoms with E-state index in [0.29, 0.717) is 6.61 Å². The molecule has 1 unspecified atom stereocenters. The third kappa shape index (κ3) is 4.62. The van der Waals surface area contributed by atoms with Crippen LogP contribution in [0.2, 0.25) is 0 Å². The van der Waals surface area contributed by atoms with Crippen molar-refractivity contribution in [1.29, 1.82) is 0 Å². The molecule has 4 nitrogen and oxygen atoms in total. The van der Waals surface area contributed by atoms with Crippen molar-refractivity contribution < 1.29 is 9.53 Å². The molecule has 1 fully saturated rings. The van der Waals surface area contributed by atoms with Crippen molar-refractivity contribution in [2.24, 2.45) is 0 Å². The Morgan fingerprint density at radius 2 is 2.00 bits per heavy atom. The molecule has 0 bridgehead atoms. The minimum Gasteiger partial charge on any atom is -0.372 e. The van der Waals surface area contributed by atoms with Crippen LogP contribution in [0.5, 0.6) is 0 Å². The van der Waals surface area contributed by atoms with Gasteiger partial charge in [-0.1, -0.05) is 30.3 Å². The number of amides is 1. The van der Waals surface area contributed by atoms with Gasteiger partial charge in [-0.2, -0.15) is 0 Å². The molecule has 0 aliphatic carbocycles. The summed E-state index contributed by atoms with van der Waals surface area (Å²) < 4.78 is 5.18. The van der Waals surface area contributed by atoms with Crippen molar-refractivity contribution in [1.82, 2.24) is 10.2 Å². The smallest absolute Gasteiger partial charge is 0.246 e. The molecule has 1 saturated heterocycles. The third-order valence-corrected chi connectivity index (χ3v) is 3.61. The highest BCUT2D eigenvalue weighted by Gasteiger charge is 2.20. The van der Waals surface area contributed by atoms with Crippen LogP contribution in [0.25, 0.3) is 0 Å². The van der Waals surface area contributed by atoms with Crippen molar-refractivity contribution in [3.8, 4) is 0 Å². The minimum atomic E-state index is -0.0418. The average Bonchev–Trinajstić information content (AvgIpc) is 2.98. The SMILES string of the molecule is CCOCC(=O)NC(CN1CCCC1)c1ccccc1. The number of hydrogen-bond acceptors (Lipinski definition) is 3. The summed E-state index contributed by atoms with van der Waals surface area (Å²) in [5, 5.41) is 3.09. The van der Waals surface area contributed by atoms with Crippen molar-refractivity contribution in [2.45, 2.75) is 25.8 Å². The molecule has 1 aromatic rings. The van der Waals surface area contributed by atoms with Crippen LogP contribution in [-0.4, -0.2) is 43.7 Å². The number of hydrogen-bond donors (Lipinski definition) is 1. The standard InChI is InChI=1S/C16H24N2O2/c1-2-20-13-16(19)17-15(12-18-10-6-7-11-18)14-8-4-3-5-9-14/h3-5,8-9,15H,2,6-7,10-13H2,1H3,(H,17,19). The Bertz CT molecular complexity index is 402. The number of nitrogens with one attached hydrogen (secondary N) is 1. The Kier molecular flexibility index (Phi) is 6.02. The van der Waals surface area contributed by atoms with Gasteiger partial charge in [-0.3, -0.25) is 4.79 Å². The molecule has 1 heterocycles. The van der Waals surface area contributed by atoms with Crippen LogP contribution in [0.3, 0.4) is 0 Å². The van der Waals surface area contributed by atoms with Gasteiger partial charge in [0.2, 0.25) is 5.91 Å². The summed E-state index contributed by atoms with van der Waals surface area (Å²) in [5.74, 6) is -0.0418. The number of rotatable bonds is 7. The molecule has 1 aliphatic heterocycles. The zero-order valence-electron chi connectivity index (χ0n) is 12.2. The Hall–Kier alpha value is -1.39. The lowest BCUT2D eigenvalue weighted by atomic mass is 10.1. The molecular formula is C16H24N2O2. The van der Waals surface area contributed by atoms with Crippen LogP contribution in [-0.2, 0) is 9.53 Å². The fourth-order valence-electron chi connectivity index (χ4n) is 2.57. The third-order valence-electron chi connectivity index (χ3n) is 3.61. The first kappa shape index (κ1) is 15.0. The lowest BCUT2D eigenvalue weighted by Gasteiger charge is -2.25. The maximum atomic E-state index is 11.9. The Balaban J connectivity index is 1.97. The molecule has 1 atom stereocenters. The zero-order valence-corrected chi connectivity index (χ0v) is 12.2. The van der Waals surface area contributed by atoms with E-state index in [2.05, 4.69) is 22.3 Å². The maximum absolute atomic E-state index is 11.9. The second kappa shape index (κ2) is 8.02. The molecule has 0 aromatic heterocycles. The summed E-state index contributed by atoms with van der Waals surface area (Å²) in [4.78, 5) is 14.3. The Labute approximate surface area is 121 Å². The molecule has 1 N–H and O–H groups in total. The molecule has 1 aliphatic rings. The van der Waals surface area contributed by atoms with Gasteiger partial charge in [0.25, 0.3) is 0 Å². The lowest BCUT2D eigenvalue weighted by molar-refractivity contribution is -0.126. The van der Waals surface area contributed by atoms with Crippen LogP contribution >= 0.6 is 0 Å². The number of ether oxygens (including phenoxy) is 1. The molecule has 1 aromatic carbocycles. The number of carbonyl (C=O) groups is 1. The minimum absolute atomic E-state index is 0.0418. The summed E-state index contributed by atoms with van der Waals surface area (Å²) in [7, 11) is 0. The summed E-state index contributed by atoms with van der Waals surface area (Å²) in [6, 6.07) is 10.2. The van der Waals surface area contributed by atoms with E-state index in [0.717, 1.165) is 25.2 Å². The Morgan fingerprint density at radius 1 is 1.30 bits per heavy atom. The van der Waals surface area contributed by atoms with E-state index in [-0.39, 0.29) is 18.6 Å². The molecule has 0 saturated carbocycles. The highest BCUT2D eigenvalue weighted by molar-refractivity contribution is 5.77. The average molecular weight is 276 g/mol. The highest BCUT2D eigenvalue weighted by atomic mass is 16.5. The molecule has 1 amide bonds. The van der Waals surface area contributed by atoms with Gasteiger partial charge in [-0.25, -0.2) is 0 Å². The first-order chi connectivity index (χ1) is 9.79. The Morgan fingerprint density at radius 3 is 2.65 bits per heavy atom. The summed E-state index contributed by atoms with van der Waals surface area (Å²) >= 11 is 0. The molecule has 4 heteroatoms. The first-order valence-corrected chi connectivity index (χ1v) is 7.44. The predicted octanol–water partition coefficient (Wildman–Crippen LogP) is 1.98. The lowest BCUT2D eigenvalue weighted by Crippen LogP contribution is -2.38. The van der Waals surface area contributed by atoms with Crippen molar-refractivity contribution >= 4 is 5.91 Å². The zero-order chi connectivity index (χ0) is 14.2. The van der Waals surface area contributed by atoms with E-state index in [1.54, 1.807) is 0 Å². The van der Waals surface area contributed by atoms with Gasteiger partial charge < -0.3 is 15.0 Å². The predicted molar refractivity (Wildman–Crippen MR) is 79.5 cm³/mol. The van der Waals surface area contributed by atoms with Crippen LogP contribution in [0.15, 0.2) is 30.3 Å². The second-order valence-electron chi connectivity index (χ2n) is 5.18. The monoisotopic (exact) mass is 276 g/mol. The van der Waals surface area contributed by atoms with Crippen molar-refractivity contribution in [3.63, 3.8) is 0 Å². The number of carbonyl (C=O) groups excluding carboxylic acids is 1. The van der Waals surface area contributed by atoms with Crippen LogP contribution in [0.1, 0.15) is 31.4 Å². The molecule has 20 heavy (non-hydrogen) atoms. The first-order valence-electron chi connectivity index (χ1n) is 7.44. The molecule has 0 radical (unpaired) electrons. The van der Waals surface area contributed by atoms with Crippen molar-refractivity contribution in [2.75, 3.05) is 32.8 Å². The second-order valence-corrected chi connectivity index (χ2v) is 5.18. The largest absolute Gasteiger partial charge is 0.372 e. The number of nitrogens with zero attached hydrogens (tertiary/aromatic N) is 1. The van der Waals surface area contributed by atoms with Crippen molar-refractivity contribution in [3.05, 3.63) is 35.9 Å². The fourth-order valence-corrected chi connectivity index (χ4v) is 2.57. The van der Waals surface area contributed by atoms with Crippen LogP contribution < -0.4 is 5.32 Å². The number of likely N-dealkylation sites (tertiary alicyclic amines) is 1. The fraction of sp³-hybridized carbons (Fsp3) is 0.562. The number of benzene rings is 1. The topological polar surface area (TPSA) is 41.6 Å². The van der Waals surface area contributed by atoms with Gasteiger partial charge in [-0.15, -0.1) is 0 Å². The van der Waals surface area contributed by atoms with E-state index in [4.69, 9.17) is 4.74 Å². The quantitative estimate of drug-likeness (QED) is 0.828. The van der Waals surface area contributed by atoms with E-state index in [1.165, 1.54) is 12.8 Å². The van der Waals surface area contributed by atoms with Gasteiger partial charge in [-0.05, 0) is 38.4 Å². The van der Waals surface area contributed by atoms with E-state index >= 15 is 0 Å². The normalized spacial score (nSPS) is 17.1. The van der Waals surface area contributed by atoms with E-state index in [1.807, 2.05) is 25.1 Å². The summed E-state index contributed by atoms with van der Waals surface area (Å²) in [6.07, 6.45) is 2.52. The molecular weight excluding hydrogens is 252 g/mol. The van der Waals surface area contributed by atoms with E-state index < -0.39 is 0 Å². The maximum Gasteiger partial charge on any atom is 0.246 e. The van der Waals surface area contributed by atoms with Gasteiger partial charge in [0.05, 0.1) is 6.04 Å². The highest BCUT2D eigenvalue weighted by Crippen LogP contribution is 2.17. The summed E-state index contributed by atoms with van der Waals surface area (Å²) in [5.41, 5.74) is 1.16. The van der Waals surface area contributed by atoms with Gasteiger partial charge in [0.15, 0.2) is 0 Å². The van der Waals surface area contributed by atoms with Gasteiger partial charge in [0.1, 0.15) is 6.61 Å². The molecule has 0 spiro atoms. The van der Waals surface area contributed by atoms with Crippen LogP contribution in [0, 0.1) is 0 Å². The van der Waals surface area contributed by atoms with E-state index in [9.17, 15) is 4.79 Å². The molecule has 110 valence electrons. The van der Waals surface area contributed by atoms with Gasteiger partial charge >= 0.3 is 0 Å².